The number of rotatable bonds is 13. The number of esters is 1. The Hall–Kier alpha value is -1.80. The van der Waals surface area contributed by atoms with E-state index >= 15 is 0 Å². The monoisotopic (exact) mass is 618 g/mol. The van der Waals surface area contributed by atoms with E-state index < -0.39 is 106 Å². The smallest absolute Gasteiger partial charge is 0.462 e. The molecule has 9 N–H and O–H groups in total. The molecule has 11 atom stereocenters. The number of aliphatic hydroxyl groups excluding tert-OH is 5. The summed E-state index contributed by atoms with van der Waals surface area (Å²) in [5.41, 5.74) is 0. The van der Waals surface area contributed by atoms with E-state index in [4.69, 9.17) is 18.9 Å². The van der Waals surface area contributed by atoms with Crippen molar-refractivity contribution in [3.8, 4) is 0 Å². The quantitative estimate of drug-likeness (QED) is 0.0698. The Labute approximate surface area is 235 Å². The predicted octanol–water partition coefficient (Wildman–Crippen LogP) is -4.24. The lowest BCUT2D eigenvalue weighted by Gasteiger charge is -2.44. The van der Waals surface area contributed by atoms with E-state index in [1.165, 1.54) is 13.8 Å². The molecule has 2 aliphatic rings. The minimum Gasteiger partial charge on any atom is -0.462 e. The highest BCUT2D eigenvalue weighted by Gasteiger charge is 2.50. The van der Waals surface area contributed by atoms with E-state index in [1.54, 1.807) is 0 Å². The van der Waals surface area contributed by atoms with Crippen LogP contribution in [-0.4, -0.2) is 140 Å². The minimum atomic E-state index is -5.20. The van der Waals surface area contributed by atoms with Crippen LogP contribution in [0.3, 0.4) is 0 Å². The molecule has 2 fully saturated rings. The molecular formula is C22H39N2O16P. The first kappa shape index (κ1) is 35.4. The van der Waals surface area contributed by atoms with Crippen molar-refractivity contribution in [1.82, 2.24) is 10.6 Å². The summed E-state index contributed by atoms with van der Waals surface area (Å²) in [5, 5.41) is 55.7. The Morgan fingerprint density at radius 3 is 2.20 bits per heavy atom. The van der Waals surface area contributed by atoms with Crippen molar-refractivity contribution in [2.75, 3.05) is 19.8 Å². The van der Waals surface area contributed by atoms with Crippen LogP contribution in [0.15, 0.2) is 0 Å². The number of hydrogen-bond donors (Lipinski definition) is 9. The second-order valence-electron chi connectivity index (χ2n) is 9.91. The summed E-state index contributed by atoms with van der Waals surface area (Å²) in [6, 6.07) is -2.56. The van der Waals surface area contributed by atoms with Crippen LogP contribution in [0.25, 0.3) is 0 Å². The van der Waals surface area contributed by atoms with Crippen molar-refractivity contribution in [1.29, 1.82) is 0 Å². The van der Waals surface area contributed by atoms with Gasteiger partial charge in [0.05, 0.1) is 44.8 Å². The maximum absolute atomic E-state index is 12.6. The second kappa shape index (κ2) is 15.6. The average Bonchev–Trinajstić information content (AvgIpc) is 2.83. The lowest BCUT2D eigenvalue weighted by atomic mass is 9.96. The Balaban J connectivity index is 2.13. The molecule has 0 spiro atoms. The SMILES string of the molecule is CC(=O)O[C@H](C)CC(=O)NC1C(OCC2OCC(NC(=O)C[C@@H](C)O)C(O)C2O)OC(CO)C(OP(=O)(O)O)C1O. The van der Waals surface area contributed by atoms with Crippen LogP contribution in [0.5, 0.6) is 0 Å². The zero-order chi connectivity index (χ0) is 31.1. The lowest BCUT2D eigenvalue weighted by Crippen LogP contribution is -2.66. The minimum absolute atomic E-state index is 0.237. The summed E-state index contributed by atoms with van der Waals surface area (Å²) < 4.78 is 37.6. The van der Waals surface area contributed by atoms with Crippen LogP contribution in [0.4, 0.5) is 0 Å². The first-order chi connectivity index (χ1) is 19.0. The number of phosphoric acid groups is 1. The fraction of sp³-hybridized carbons (Fsp3) is 0.864. The maximum atomic E-state index is 12.6. The Morgan fingerprint density at radius 2 is 1.63 bits per heavy atom. The number of carbonyl (C=O) groups excluding carboxylic acids is 3. The molecule has 19 heteroatoms. The van der Waals surface area contributed by atoms with Gasteiger partial charge in [-0.3, -0.25) is 18.9 Å². The first-order valence-electron chi connectivity index (χ1n) is 12.7. The second-order valence-corrected chi connectivity index (χ2v) is 11.1. The summed E-state index contributed by atoms with van der Waals surface area (Å²) in [7, 11) is -5.20. The summed E-state index contributed by atoms with van der Waals surface area (Å²) in [6.07, 6.45) is -13.6. The number of nitrogens with one attached hydrogen (secondary N) is 2. The lowest BCUT2D eigenvalue weighted by molar-refractivity contribution is -0.279. The third-order valence-electron chi connectivity index (χ3n) is 6.16. The molecule has 0 aromatic rings. The van der Waals surface area contributed by atoms with E-state index in [2.05, 4.69) is 15.2 Å². The van der Waals surface area contributed by atoms with Crippen molar-refractivity contribution >= 4 is 25.6 Å². The third-order valence-corrected chi connectivity index (χ3v) is 6.68. The highest BCUT2D eigenvalue weighted by molar-refractivity contribution is 7.46. The van der Waals surface area contributed by atoms with Crippen LogP contribution in [0, 0.1) is 0 Å². The molecule has 9 unspecified atom stereocenters. The number of ether oxygens (including phenoxy) is 4. The van der Waals surface area contributed by atoms with Crippen LogP contribution < -0.4 is 10.6 Å². The number of carbonyl (C=O) groups is 3. The third kappa shape index (κ3) is 11.1. The van der Waals surface area contributed by atoms with Crippen molar-refractivity contribution < 1.29 is 77.7 Å². The normalized spacial score (nSPS) is 33.9. The van der Waals surface area contributed by atoms with Gasteiger partial charge in [0.25, 0.3) is 0 Å². The van der Waals surface area contributed by atoms with Crippen molar-refractivity contribution in [2.24, 2.45) is 0 Å². The van der Waals surface area contributed by atoms with E-state index in [9.17, 15) is 54.3 Å². The number of amides is 2. The van der Waals surface area contributed by atoms with E-state index in [-0.39, 0.29) is 19.4 Å². The molecule has 0 radical (unpaired) electrons. The van der Waals surface area contributed by atoms with E-state index in [0.717, 1.165) is 6.92 Å². The van der Waals surface area contributed by atoms with Crippen molar-refractivity contribution in [3.63, 3.8) is 0 Å². The first-order valence-corrected chi connectivity index (χ1v) is 14.3. The number of hydrogen-bond acceptors (Lipinski definition) is 14. The van der Waals surface area contributed by atoms with Gasteiger partial charge in [-0.1, -0.05) is 0 Å². The van der Waals surface area contributed by atoms with Crippen molar-refractivity contribution in [2.45, 2.75) is 101 Å². The van der Waals surface area contributed by atoms with Gasteiger partial charge in [0.2, 0.25) is 11.8 Å². The zero-order valence-corrected chi connectivity index (χ0v) is 23.5. The van der Waals surface area contributed by atoms with E-state index in [0.29, 0.717) is 0 Å². The molecular weight excluding hydrogens is 579 g/mol. The fourth-order valence-corrected chi connectivity index (χ4v) is 4.94. The van der Waals surface area contributed by atoms with Crippen LogP contribution in [0.1, 0.15) is 33.6 Å². The molecule has 0 saturated carbocycles. The molecule has 2 saturated heterocycles. The topological polar surface area (TPSA) is 280 Å². The van der Waals surface area contributed by atoms with Gasteiger partial charge in [-0.15, -0.1) is 0 Å². The largest absolute Gasteiger partial charge is 0.470 e. The van der Waals surface area contributed by atoms with Gasteiger partial charge in [0.1, 0.15) is 48.8 Å². The number of phosphoric ester groups is 1. The molecule has 2 rings (SSSR count). The molecule has 2 aliphatic heterocycles. The van der Waals surface area contributed by atoms with Crippen LogP contribution >= 0.6 is 7.82 Å². The van der Waals surface area contributed by atoms with E-state index in [1.807, 2.05) is 0 Å². The van der Waals surface area contributed by atoms with Gasteiger partial charge < -0.3 is 64.9 Å². The zero-order valence-electron chi connectivity index (χ0n) is 22.6. The maximum Gasteiger partial charge on any atom is 0.470 e. The van der Waals surface area contributed by atoms with Gasteiger partial charge in [0.15, 0.2) is 6.29 Å². The summed E-state index contributed by atoms with van der Waals surface area (Å²) in [5.74, 6) is -2.01. The fourth-order valence-electron chi connectivity index (χ4n) is 4.36. The standard InChI is InChI=1S/C22H39N2O16P/c1-9(26)4-15(28)23-12-7-36-14(19(31)18(12)30)8-37-22-17(24-16(29)5-10(2)38-11(3)27)20(32)21(13(6-25)39-22)40-41(33,34)35/h9-10,12-14,17-22,25-26,30-32H,4-8H2,1-3H3,(H,23,28)(H,24,29)(H2,33,34,35)/t9-,10-,12?,13?,14?,17?,18?,19?,20?,21?,22?/m1/s1. The Morgan fingerprint density at radius 1 is 1.00 bits per heavy atom. The molecule has 0 aromatic carbocycles. The van der Waals surface area contributed by atoms with Crippen LogP contribution in [-0.2, 0) is 42.4 Å². The predicted molar refractivity (Wildman–Crippen MR) is 132 cm³/mol. The molecule has 0 aliphatic carbocycles. The molecule has 0 bridgehead atoms. The van der Waals surface area contributed by atoms with Gasteiger partial charge in [-0.25, -0.2) is 4.57 Å². The summed E-state index contributed by atoms with van der Waals surface area (Å²) >= 11 is 0. The van der Waals surface area contributed by atoms with Crippen LogP contribution in [0.2, 0.25) is 0 Å². The summed E-state index contributed by atoms with van der Waals surface area (Å²) in [4.78, 5) is 54.2. The molecule has 18 nitrogen and oxygen atoms in total. The Bertz CT molecular complexity index is 933. The molecule has 238 valence electrons. The highest BCUT2D eigenvalue weighted by Crippen LogP contribution is 2.41. The summed E-state index contributed by atoms with van der Waals surface area (Å²) in [6.45, 7) is 2.32. The molecule has 2 amide bonds. The van der Waals surface area contributed by atoms with Gasteiger partial charge in [-0.2, -0.15) is 0 Å². The van der Waals surface area contributed by atoms with Gasteiger partial charge in [-0.05, 0) is 13.8 Å². The Kier molecular flexibility index (Phi) is 13.5. The van der Waals surface area contributed by atoms with Crippen molar-refractivity contribution in [3.05, 3.63) is 0 Å². The number of aliphatic hydroxyl groups is 5. The highest BCUT2D eigenvalue weighted by atomic mass is 31.2. The molecule has 2 heterocycles. The van der Waals surface area contributed by atoms with Gasteiger partial charge in [0, 0.05) is 6.92 Å². The molecule has 0 aromatic heterocycles. The average molecular weight is 619 g/mol. The van der Waals surface area contributed by atoms with Gasteiger partial charge >= 0.3 is 13.8 Å². The molecule has 41 heavy (non-hydrogen) atoms.